The molecule has 118 valence electrons. The average Bonchev–Trinajstić information content (AvgIpc) is 3.19. The second-order valence-electron chi connectivity index (χ2n) is 7.56. The zero-order valence-electron chi connectivity index (χ0n) is 14.0. The minimum absolute atomic E-state index is 0.214. The van der Waals surface area contributed by atoms with Crippen LogP contribution in [0.5, 0.6) is 0 Å². The van der Waals surface area contributed by atoms with Crippen LogP contribution in [0.2, 0.25) is 0 Å². The normalized spacial score (nSPS) is 27.7. The van der Waals surface area contributed by atoms with Crippen LogP contribution in [0.15, 0.2) is 12.3 Å². The summed E-state index contributed by atoms with van der Waals surface area (Å²) in [7, 11) is 0. The van der Waals surface area contributed by atoms with Crippen LogP contribution >= 0.6 is 0 Å². The number of aromatic nitrogens is 2. The molecule has 4 nitrogen and oxygen atoms in total. The molecule has 4 heteroatoms. The van der Waals surface area contributed by atoms with Crippen LogP contribution in [0.3, 0.4) is 0 Å². The van der Waals surface area contributed by atoms with Gasteiger partial charge in [0.1, 0.15) is 0 Å². The van der Waals surface area contributed by atoms with Gasteiger partial charge in [-0.25, -0.2) is 0 Å². The van der Waals surface area contributed by atoms with E-state index in [0.717, 1.165) is 32.0 Å². The highest BCUT2D eigenvalue weighted by molar-refractivity contribution is 5.04. The molecule has 2 unspecified atom stereocenters. The van der Waals surface area contributed by atoms with Crippen LogP contribution in [0.1, 0.15) is 58.7 Å². The van der Waals surface area contributed by atoms with Crippen LogP contribution in [0, 0.1) is 5.92 Å². The van der Waals surface area contributed by atoms with Gasteiger partial charge in [-0.15, -0.1) is 0 Å². The van der Waals surface area contributed by atoms with E-state index in [4.69, 9.17) is 5.10 Å². The Hall–Kier alpha value is -0.870. The molecule has 2 fully saturated rings. The second-order valence-corrected chi connectivity index (χ2v) is 7.56. The molecular formula is C17H30N4. The van der Waals surface area contributed by atoms with E-state index in [2.05, 4.69) is 54.9 Å². The summed E-state index contributed by atoms with van der Waals surface area (Å²) in [5, 5.41) is 8.53. The van der Waals surface area contributed by atoms with E-state index >= 15 is 0 Å². The first-order valence-electron chi connectivity index (χ1n) is 8.52. The van der Waals surface area contributed by atoms with E-state index in [1.165, 1.54) is 18.5 Å². The van der Waals surface area contributed by atoms with E-state index in [9.17, 15) is 0 Å². The largest absolute Gasteiger partial charge is 0.311 e. The SMILES string of the molecule is CCC(C)n1ccc(CN2CC(C3CC3)NCC2(C)C)n1. The standard InChI is InChI=1S/C17H30N4/c1-5-13(2)21-9-8-15(19-21)10-20-11-16(14-6-7-14)18-12-17(20,3)4/h8-9,13-14,16,18H,5-7,10-12H2,1-4H3. The number of nitrogens with one attached hydrogen (secondary N) is 1. The van der Waals surface area contributed by atoms with Crippen molar-refractivity contribution in [1.29, 1.82) is 0 Å². The highest BCUT2D eigenvalue weighted by Crippen LogP contribution is 2.36. The maximum Gasteiger partial charge on any atom is 0.0765 e. The molecule has 1 aromatic rings. The summed E-state index contributed by atoms with van der Waals surface area (Å²) in [6.07, 6.45) is 6.09. The molecule has 1 aliphatic heterocycles. The molecule has 2 aliphatic rings. The lowest BCUT2D eigenvalue weighted by Crippen LogP contribution is -2.62. The number of nitrogens with zero attached hydrogens (tertiary/aromatic N) is 3. The summed E-state index contributed by atoms with van der Waals surface area (Å²) in [6, 6.07) is 3.37. The Labute approximate surface area is 128 Å². The van der Waals surface area contributed by atoms with Crippen molar-refractivity contribution in [3.8, 4) is 0 Å². The fourth-order valence-electron chi connectivity index (χ4n) is 3.22. The van der Waals surface area contributed by atoms with Crippen LogP contribution in [0.4, 0.5) is 0 Å². The third kappa shape index (κ3) is 3.32. The van der Waals surface area contributed by atoms with Crippen molar-refractivity contribution in [2.75, 3.05) is 13.1 Å². The van der Waals surface area contributed by atoms with Gasteiger partial charge in [0.25, 0.3) is 0 Å². The Kier molecular flexibility index (Phi) is 4.10. The monoisotopic (exact) mass is 290 g/mol. The lowest BCUT2D eigenvalue weighted by molar-refractivity contribution is 0.0520. The Morgan fingerprint density at radius 1 is 1.43 bits per heavy atom. The molecule has 0 radical (unpaired) electrons. The van der Waals surface area contributed by atoms with Crippen molar-refractivity contribution in [3.05, 3.63) is 18.0 Å². The second kappa shape index (κ2) is 5.73. The topological polar surface area (TPSA) is 33.1 Å². The summed E-state index contributed by atoms with van der Waals surface area (Å²) >= 11 is 0. The number of hydrogen-bond acceptors (Lipinski definition) is 3. The van der Waals surface area contributed by atoms with E-state index in [1.807, 2.05) is 0 Å². The quantitative estimate of drug-likeness (QED) is 0.905. The molecule has 1 aliphatic carbocycles. The van der Waals surface area contributed by atoms with Crippen LogP contribution in [-0.4, -0.2) is 39.4 Å². The van der Waals surface area contributed by atoms with Gasteiger partial charge in [-0.05, 0) is 52.0 Å². The minimum atomic E-state index is 0.214. The summed E-state index contributed by atoms with van der Waals surface area (Å²) in [5.74, 6) is 0.918. The van der Waals surface area contributed by atoms with Crippen molar-refractivity contribution in [2.24, 2.45) is 5.92 Å². The minimum Gasteiger partial charge on any atom is -0.311 e. The van der Waals surface area contributed by atoms with Gasteiger partial charge in [-0.2, -0.15) is 5.10 Å². The number of rotatable bonds is 5. The van der Waals surface area contributed by atoms with E-state index in [0.29, 0.717) is 12.1 Å². The van der Waals surface area contributed by atoms with Crippen molar-refractivity contribution < 1.29 is 0 Å². The first kappa shape index (κ1) is 15.0. The molecule has 0 spiro atoms. The third-order valence-corrected chi connectivity index (χ3v) is 5.32. The maximum absolute atomic E-state index is 4.78. The van der Waals surface area contributed by atoms with Gasteiger partial charge in [0.05, 0.1) is 5.69 Å². The summed E-state index contributed by atoms with van der Waals surface area (Å²) in [6.45, 7) is 12.3. The molecule has 1 N–H and O–H groups in total. The molecule has 0 bridgehead atoms. The highest BCUT2D eigenvalue weighted by atomic mass is 15.3. The van der Waals surface area contributed by atoms with Gasteiger partial charge in [0.2, 0.25) is 0 Å². The van der Waals surface area contributed by atoms with Crippen molar-refractivity contribution in [1.82, 2.24) is 20.0 Å². The third-order valence-electron chi connectivity index (χ3n) is 5.32. The molecule has 2 atom stereocenters. The van der Waals surface area contributed by atoms with Crippen molar-refractivity contribution in [3.63, 3.8) is 0 Å². The Morgan fingerprint density at radius 3 is 2.86 bits per heavy atom. The Bertz CT molecular complexity index is 475. The Balaban J connectivity index is 1.67. The highest BCUT2D eigenvalue weighted by Gasteiger charge is 2.40. The predicted molar refractivity (Wildman–Crippen MR) is 86.2 cm³/mol. The molecule has 2 heterocycles. The van der Waals surface area contributed by atoms with Gasteiger partial charge in [0, 0.05) is 43.5 Å². The maximum atomic E-state index is 4.78. The van der Waals surface area contributed by atoms with E-state index in [-0.39, 0.29) is 5.54 Å². The smallest absolute Gasteiger partial charge is 0.0765 e. The van der Waals surface area contributed by atoms with Gasteiger partial charge in [-0.1, -0.05) is 6.92 Å². The number of piperazine rings is 1. The zero-order valence-corrected chi connectivity index (χ0v) is 14.0. The number of hydrogen-bond donors (Lipinski definition) is 1. The van der Waals surface area contributed by atoms with E-state index < -0.39 is 0 Å². The molecule has 0 aromatic carbocycles. The van der Waals surface area contributed by atoms with Crippen molar-refractivity contribution >= 4 is 0 Å². The molecule has 3 rings (SSSR count). The predicted octanol–water partition coefficient (Wildman–Crippen LogP) is 2.82. The first-order valence-corrected chi connectivity index (χ1v) is 8.52. The summed E-state index contributed by atoms with van der Waals surface area (Å²) in [5.41, 5.74) is 1.42. The van der Waals surface area contributed by atoms with Gasteiger partial charge < -0.3 is 5.32 Å². The molecule has 1 saturated heterocycles. The van der Waals surface area contributed by atoms with Gasteiger partial charge >= 0.3 is 0 Å². The molecule has 0 amide bonds. The summed E-state index contributed by atoms with van der Waals surface area (Å²) in [4.78, 5) is 2.62. The molecule has 1 saturated carbocycles. The molecule has 1 aromatic heterocycles. The lowest BCUT2D eigenvalue weighted by atomic mass is 9.95. The lowest BCUT2D eigenvalue weighted by Gasteiger charge is -2.46. The molecule has 21 heavy (non-hydrogen) atoms. The molecular weight excluding hydrogens is 260 g/mol. The fourth-order valence-corrected chi connectivity index (χ4v) is 3.22. The Morgan fingerprint density at radius 2 is 2.19 bits per heavy atom. The van der Waals surface area contributed by atoms with Crippen LogP contribution < -0.4 is 5.32 Å². The van der Waals surface area contributed by atoms with Crippen LogP contribution in [-0.2, 0) is 6.54 Å². The fraction of sp³-hybridized carbons (Fsp3) is 0.824. The van der Waals surface area contributed by atoms with Crippen LogP contribution in [0.25, 0.3) is 0 Å². The first-order chi connectivity index (χ1) is 9.99. The zero-order chi connectivity index (χ0) is 15.0. The van der Waals surface area contributed by atoms with Gasteiger partial charge in [-0.3, -0.25) is 9.58 Å². The van der Waals surface area contributed by atoms with Crippen molar-refractivity contribution in [2.45, 2.75) is 71.1 Å². The summed E-state index contributed by atoms with van der Waals surface area (Å²) < 4.78 is 2.11. The average molecular weight is 290 g/mol. The van der Waals surface area contributed by atoms with E-state index in [1.54, 1.807) is 0 Å². The van der Waals surface area contributed by atoms with Gasteiger partial charge in [0.15, 0.2) is 0 Å².